The van der Waals surface area contributed by atoms with E-state index in [0.29, 0.717) is 10.8 Å². The molecule has 0 nitrogen and oxygen atoms in total. The molecule has 0 aromatic rings. The standard InChI is InChI=1S/C14H30/c1-9-13(5,6)10-14(7,8)12(4)11(2)3/h11-12H,9-10H2,1-8H3. The quantitative estimate of drug-likeness (QED) is 0.574. The maximum atomic E-state index is 2.43. The SMILES string of the molecule is CCC(C)(C)CC(C)(C)C(C)C(C)C. The van der Waals surface area contributed by atoms with Gasteiger partial charge < -0.3 is 0 Å². The normalized spacial score (nSPS) is 16.1. The minimum Gasteiger partial charge on any atom is -0.0649 e. The second-order valence-electron chi connectivity index (χ2n) is 6.72. The van der Waals surface area contributed by atoms with Crippen molar-refractivity contribution < 1.29 is 0 Å². The first-order chi connectivity index (χ1) is 6.12. The summed E-state index contributed by atoms with van der Waals surface area (Å²) < 4.78 is 0. The largest absolute Gasteiger partial charge is 0.0649 e. The van der Waals surface area contributed by atoms with Gasteiger partial charge in [-0.1, -0.05) is 61.8 Å². The minimum absolute atomic E-state index is 0.466. The van der Waals surface area contributed by atoms with Crippen molar-refractivity contribution in [3.63, 3.8) is 0 Å². The van der Waals surface area contributed by atoms with Crippen molar-refractivity contribution in [2.24, 2.45) is 22.7 Å². The van der Waals surface area contributed by atoms with E-state index >= 15 is 0 Å². The Labute approximate surface area is 91.5 Å². The summed E-state index contributed by atoms with van der Waals surface area (Å²) in [5, 5.41) is 0. The van der Waals surface area contributed by atoms with Gasteiger partial charge in [0.25, 0.3) is 0 Å². The first-order valence-corrected chi connectivity index (χ1v) is 6.12. The van der Waals surface area contributed by atoms with Crippen LogP contribution in [0, 0.1) is 22.7 Å². The molecular weight excluding hydrogens is 168 g/mol. The van der Waals surface area contributed by atoms with E-state index in [4.69, 9.17) is 0 Å². The van der Waals surface area contributed by atoms with Gasteiger partial charge in [-0.15, -0.1) is 0 Å². The Hall–Kier alpha value is 0. The van der Waals surface area contributed by atoms with Crippen LogP contribution in [0.5, 0.6) is 0 Å². The van der Waals surface area contributed by atoms with E-state index in [9.17, 15) is 0 Å². The lowest BCUT2D eigenvalue weighted by Crippen LogP contribution is -2.31. The van der Waals surface area contributed by atoms with Crippen LogP contribution in [0.1, 0.15) is 68.2 Å². The van der Waals surface area contributed by atoms with Crippen LogP contribution >= 0.6 is 0 Å². The Morgan fingerprint density at radius 1 is 0.929 bits per heavy atom. The third-order valence-electron chi connectivity index (χ3n) is 4.12. The van der Waals surface area contributed by atoms with Gasteiger partial charge in [0.2, 0.25) is 0 Å². The fourth-order valence-corrected chi connectivity index (χ4v) is 2.42. The molecule has 0 spiro atoms. The number of rotatable bonds is 5. The van der Waals surface area contributed by atoms with Crippen LogP contribution in [0.25, 0.3) is 0 Å². The van der Waals surface area contributed by atoms with Gasteiger partial charge in [-0.2, -0.15) is 0 Å². The summed E-state index contributed by atoms with van der Waals surface area (Å²) in [7, 11) is 0. The highest BCUT2D eigenvalue weighted by molar-refractivity contribution is 4.83. The maximum Gasteiger partial charge on any atom is -0.0321 e. The van der Waals surface area contributed by atoms with Crippen LogP contribution in [0.4, 0.5) is 0 Å². The molecule has 0 amide bonds. The molecule has 86 valence electrons. The summed E-state index contributed by atoms with van der Waals surface area (Å²) in [6.07, 6.45) is 2.61. The fourth-order valence-electron chi connectivity index (χ4n) is 2.42. The Morgan fingerprint density at radius 2 is 1.36 bits per heavy atom. The van der Waals surface area contributed by atoms with Crippen molar-refractivity contribution >= 4 is 0 Å². The Morgan fingerprint density at radius 3 is 1.64 bits per heavy atom. The Bertz CT molecular complexity index is 163. The van der Waals surface area contributed by atoms with Crippen molar-refractivity contribution in [2.45, 2.75) is 68.2 Å². The first kappa shape index (κ1) is 14.0. The van der Waals surface area contributed by atoms with E-state index in [1.54, 1.807) is 0 Å². The van der Waals surface area contributed by atoms with Crippen molar-refractivity contribution in [3.05, 3.63) is 0 Å². The zero-order chi connectivity index (χ0) is 11.6. The molecular formula is C14H30. The van der Waals surface area contributed by atoms with E-state index in [2.05, 4.69) is 55.4 Å². The molecule has 1 atom stereocenters. The smallest absolute Gasteiger partial charge is 0.0321 e. The Kier molecular flexibility index (Phi) is 4.68. The van der Waals surface area contributed by atoms with Crippen molar-refractivity contribution in [1.29, 1.82) is 0 Å². The lowest BCUT2D eigenvalue weighted by molar-refractivity contribution is 0.0982. The average molecular weight is 198 g/mol. The molecule has 0 aliphatic carbocycles. The summed E-state index contributed by atoms with van der Waals surface area (Å²) in [6, 6.07) is 0. The van der Waals surface area contributed by atoms with E-state index in [-0.39, 0.29) is 0 Å². The molecule has 0 saturated carbocycles. The summed E-state index contributed by atoms with van der Waals surface area (Å²) in [4.78, 5) is 0. The maximum absolute atomic E-state index is 2.43. The second-order valence-corrected chi connectivity index (χ2v) is 6.72. The van der Waals surface area contributed by atoms with Crippen LogP contribution in [0.2, 0.25) is 0 Å². The molecule has 0 fully saturated rings. The van der Waals surface area contributed by atoms with Gasteiger partial charge in [-0.05, 0) is 29.1 Å². The monoisotopic (exact) mass is 198 g/mol. The van der Waals surface area contributed by atoms with Crippen LogP contribution in [0.15, 0.2) is 0 Å². The van der Waals surface area contributed by atoms with Crippen molar-refractivity contribution in [2.75, 3.05) is 0 Å². The Balaban J connectivity index is 4.48. The number of hydrogen-bond acceptors (Lipinski definition) is 0. The topological polar surface area (TPSA) is 0 Å². The molecule has 0 aromatic heterocycles. The predicted molar refractivity (Wildman–Crippen MR) is 66.5 cm³/mol. The fraction of sp³-hybridized carbons (Fsp3) is 1.00. The van der Waals surface area contributed by atoms with Crippen molar-refractivity contribution in [3.8, 4) is 0 Å². The summed E-state index contributed by atoms with van der Waals surface area (Å²) >= 11 is 0. The zero-order valence-electron chi connectivity index (χ0n) is 11.6. The first-order valence-electron chi connectivity index (χ1n) is 6.12. The van der Waals surface area contributed by atoms with Gasteiger partial charge in [0, 0.05) is 0 Å². The van der Waals surface area contributed by atoms with Gasteiger partial charge in [0.1, 0.15) is 0 Å². The van der Waals surface area contributed by atoms with Gasteiger partial charge in [-0.3, -0.25) is 0 Å². The third-order valence-corrected chi connectivity index (χ3v) is 4.12. The molecule has 0 heterocycles. The molecule has 0 aliphatic rings. The van der Waals surface area contributed by atoms with E-state index in [1.807, 2.05) is 0 Å². The second kappa shape index (κ2) is 4.68. The molecule has 0 saturated heterocycles. The van der Waals surface area contributed by atoms with Crippen LogP contribution in [-0.2, 0) is 0 Å². The highest BCUT2D eigenvalue weighted by Gasteiger charge is 2.33. The highest BCUT2D eigenvalue weighted by Crippen LogP contribution is 2.43. The molecule has 0 aromatic carbocycles. The molecule has 1 unspecified atom stereocenters. The summed E-state index contributed by atoms with van der Waals surface area (Å²) in [5.41, 5.74) is 0.959. The summed E-state index contributed by atoms with van der Waals surface area (Å²) in [6.45, 7) is 19.0. The van der Waals surface area contributed by atoms with E-state index < -0.39 is 0 Å². The predicted octanol–water partition coefficient (Wildman–Crippen LogP) is 5.13. The van der Waals surface area contributed by atoms with Gasteiger partial charge in [0.05, 0.1) is 0 Å². The van der Waals surface area contributed by atoms with Gasteiger partial charge in [0.15, 0.2) is 0 Å². The molecule has 0 N–H and O–H groups in total. The van der Waals surface area contributed by atoms with Crippen LogP contribution < -0.4 is 0 Å². The van der Waals surface area contributed by atoms with Crippen LogP contribution in [-0.4, -0.2) is 0 Å². The summed E-state index contributed by atoms with van der Waals surface area (Å²) in [5.74, 6) is 1.59. The van der Waals surface area contributed by atoms with Crippen molar-refractivity contribution in [1.82, 2.24) is 0 Å². The molecule has 0 heteroatoms. The lowest BCUT2D eigenvalue weighted by Gasteiger charge is -2.40. The van der Waals surface area contributed by atoms with Gasteiger partial charge in [-0.25, -0.2) is 0 Å². The minimum atomic E-state index is 0.466. The molecule has 14 heavy (non-hydrogen) atoms. The highest BCUT2D eigenvalue weighted by atomic mass is 14.4. The molecule has 0 radical (unpaired) electrons. The molecule has 0 rings (SSSR count). The molecule has 0 bridgehead atoms. The molecule has 0 aliphatic heterocycles. The third kappa shape index (κ3) is 4.02. The lowest BCUT2D eigenvalue weighted by atomic mass is 9.65. The van der Waals surface area contributed by atoms with E-state index in [0.717, 1.165) is 11.8 Å². The van der Waals surface area contributed by atoms with Crippen LogP contribution in [0.3, 0.4) is 0 Å². The van der Waals surface area contributed by atoms with Gasteiger partial charge >= 0.3 is 0 Å². The zero-order valence-corrected chi connectivity index (χ0v) is 11.6. The van der Waals surface area contributed by atoms with E-state index in [1.165, 1.54) is 12.8 Å². The average Bonchev–Trinajstić information content (AvgIpc) is 2.01. The number of hydrogen-bond donors (Lipinski definition) is 0.